The Morgan fingerprint density at radius 3 is 2.41 bits per heavy atom. The quantitative estimate of drug-likeness (QED) is 0.713. The molecule has 0 unspecified atom stereocenters. The molecule has 0 aromatic heterocycles. The minimum atomic E-state index is -1.02. The Bertz CT molecular complexity index is 368. The van der Waals surface area contributed by atoms with Gasteiger partial charge in [0.1, 0.15) is 5.60 Å². The van der Waals surface area contributed by atoms with Gasteiger partial charge >= 0.3 is 12.1 Å². The molecule has 1 amide bonds. The molecule has 6 nitrogen and oxygen atoms in total. The lowest BCUT2D eigenvalue weighted by molar-refractivity contribution is -0.133. The molecule has 0 aromatic carbocycles. The summed E-state index contributed by atoms with van der Waals surface area (Å²) in [6, 6.07) is 0. The molecule has 0 saturated heterocycles. The zero-order valence-electron chi connectivity index (χ0n) is 10.3. The lowest BCUT2D eigenvalue weighted by Crippen LogP contribution is -2.42. The molecular weight excluding hydrogens is 224 g/mol. The van der Waals surface area contributed by atoms with Crippen molar-refractivity contribution in [1.82, 2.24) is 4.90 Å². The van der Waals surface area contributed by atoms with E-state index in [2.05, 4.69) is 0 Å². The largest absolute Gasteiger partial charge is 0.478 e. The van der Waals surface area contributed by atoms with Crippen molar-refractivity contribution < 1.29 is 19.4 Å². The van der Waals surface area contributed by atoms with Gasteiger partial charge in [0.05, 0.1) is 12.1 Å². The van der Waals surface area contributed by atoms with E-state index in [9.17, 15) is 9.59 Å². The lowest BCUT2D eigenvalue weighted by atomic mass is 10.1. The van der Waals surface area contributed by atoms with Crippen molar-refractivity contribution in [1.29, 1.82) is 0 Å². The molecule has 0 fully saturated rings. The van der Waals surface area contributed by atoms with Crippen molar-refractivity contribution in [3.8, 4) is 0 Å². The van der Waals surface area contributed by atoms with Gasteiger partial charge in [0.25, 0.3) is 0 Å². The number of carboxylic acids is 1. The standard InChI is InChI=1S/C11H18N2O4/c1-11(2,3)17-10(16)13-5-4-7(9(14)15)8(12)6-13/h4-6,12H2,1-3H3,(H,14,15). The van der Waals surface area contributed by atoms with Crippen LogP contribution in [-0.4, -0.2) is 40.8 Å². The lowest BCUT2D eigenvalue weighted by Gasteiger charge is -2.30. The van der Waals surface area contributed by atoms with Gasteiger partial charge in [-0.15, -0.1) is 0 Å². The third-order valence-electron chi connectivity index (χ3n) is 2.29. The first-order chi connectivity index (χ1) is 7.70. The minimum absolute atomic E-state index is 0.108. The van der Waals surface area contributed by atoms with Crippen LogP contribution in [0.4, 0.5) is 4.79 Å². The molecule has 6 heteroatoms. The molecule has 96 valence electrons. The number of ether oxygens (including phenoxy) is 1. The van der Waals surface area contributed by atoms with Crippen molar-refractivity contribution in [3.63, 3.8) is 0 Å². The summed E-state index contributed by atoms with van der Waals surface area (Å²) >= 11 is 0. The van der Waals surface area contributed by atoms with Crippen LogP contribution < -0.4 is 5.73 Å². The third-order valence-corrected chi connectivity index (χ3v) is 2.29. The van der Waals surface area contributed by atoms with E-state index in [0.29, 0.717) is 6.54 Å². The maximum atomic E-state index is 11.7. The Hall–Kier alpha value is -1.72. The van der Waals surface area contributed by atoms with Gasteiger partial charge in [0.2, 0.25) is 0 Å². The number of carboxylic acid groups (broad SMARTS) is 1. The van der Waals surface area contributed by atoms with Crippen LogP contribution in [0.5, 0.6) is 0 Å². The second-order valence-corrected chi connectivity index (χ2v) is 4.96. The number of hydrogen-bond acceptors (Lipinski definition) is 4. The molecule has 1 aliphatic heterocycles. The molecule has 0 saturated carbocycles. The SMILES string of the molecule is CC(C)(C)OC(=O)N1CCC(C(=O)O)=C(N)C1. The average molecular weight is 242 g/mol. The highest BCUT2D eigenvalue weighted by atomic mass is 16.6. The van der Waals surface area contributed by atoms with Crippen LogP contribution in [0.3, 0.4) is 0 Å². The van der Waals surface area contributed by atoms with Crippen molar-refractivity contribution in [2.45, 2.75) is 32.8 Å². The number of carbonyl (C=O) groups is 2. The number of carbonyl (C=O) groups excluding carboxylic acids is 1. The predicted octanol–water partition coefficient (Wildman–Crippen LogP) is 0.925. The van der Waals surface area contributed by atoms with Crippen LogP contribution in [-0.2, 0) is 9.53 Å². The molecule has 17 heavy (non-hydrogen) atoms. The highest BCUT2D eigenvalue weighted by Gasteiger charge is 2.27. The fourth-order valence-corrected chi connectivity index (χ4v) is 1.51. The molecule has 0 aromatic rings. The first-order valence-corrected chi connectivity index (χ1v) is 5.39. The van der Waals surface area contributed by atoms with Crippen LogP contribution in [0.2, 0.25) is 0 Å². The number of rotatable bonds is 1. The van der Waals surface area contributed by atoms with E-state index in [-0.39, 0.29) is 24.2 Å². The summed E-state index contributed by atoms with van der Waals surface area (Å²) in [4.78, 5) is 23.9. The Morgan fingerprint density at radius 2 is 2.00 bits per heavy atom. The van der Waals surface area contributed by atoms with Crippen LogP contribution in [0.15, 0.2) is 11.3 Å². The highest BCUT2D eigenvalue weighted by molar-refractivity contribution is 5.88. The number of amides is 1. The molecule has 1 rings (SSSR count). The van der Waals surface area contributed by atoms with Crippen molar-refractivity contribution >= 4 is 12.1 Å². The predicted molar refractivity (Wildman–Crippen MR) is 61.3 cm³/mol. The van der Waals surface area contributed by atoms with Gasteiger partial charge in [-0.25, -0.2) is 9.59 Å². The highest BCUT2D eigenvalue weighted by Crippen LogP contribution is 2.17. The first kappa shape index (κ1) is 13.3. The molecular formula is C11H18N2O4. The van der Waals surface area contributed by atoms with Crippen molar-refractivity contribution in [2.24, 2.45) is 5.73 Å². The zero-order valence-corrected chi connectivity index (χ0v) is 10.3. The van der Waals surface area contributed by atoms with Crippen LogP contribution in [0.1, 0.15) is 27.2 Å². The van der Waals surface area contributed by atoms with E-state index in [0.717, 1.165) is 0 Å². The van der Waals surface area contributed by atoms with Crippen LogP contribution in [0, 0.1) is 0 Å². The van der Waals surface area contributed by atoms with E-state index in [1.54, 1.807) is 20.8 Å². The monoisotopic (exact) mass is 242 g/mol. The van der Waals surface area contributed by atoms with Gasteiger partial charge in [0.15, 0.2) is 0 Å². The third kappa shape index (κ3) is 3.65. The molecule has 0 radical (unpaired) electrons. The number of nitrogens with zero attached hydrogens (tertiary/aromatic N) is 1. The topological polar surface area (TPSA) is 92.9 Å². The van der Waals surface area contributed by atoms with Gasteiger partial charge < -0.3 is 20.5 Å². The van der Waals surface area contributed by atoms with Crippen molar-refractivity contribution in [2.75, 3.05) is 13.1 Å². The minimum Gasteiger partial charge on any atom is -0.478 e. The summed E-state index contributed by atoms with van der Waals surface area (Å²) in [7, 11) is 0. The number of nitrogens with two attached hydrogens (primary N) is 1. The second-order valence-electron chi connectivity index (χ2n) is 4.96. The molecule has 0 spiro atoms. The second kappa shape index (κ2) is 4.65. The summed E-state index contributed by atoms with van der Waals surface area (Å²) in [6.07, 6.45) is -0.217. The summed E-state index contributed by atoms with van der Waals surface area (Å²) in [5.74, 6) is -1.02. The van der Waals surface area contributed by atoms with Crippen molar-refractivity contribution in [3.05, 3.63) is 11.3 Å². The average Bonchev–Trinajstić information content (AvgIpc) is 2.14. The van der Waals surface area contributed by atoms with Gasteiger partial charge in [-0.2, -0.15) is 0 Å². The fourth-order valence-electron chi connectivity index (χ4n) is 1.51. The maximum absolute atomic E-state index is 11.7. The van der Waals surface area contributed by atoms with Gasteiger partial charge in [-0.05, 0) is 27.2 Å². The van der Waals surface area contributed by atoms with Gasteiger partial charge in [-0.3, -0.25) is 0 Å². The van der Waals surface area contributed by atoms with E-state index in [1.807, 2.05) is 0 Å². The Morgan fingerprint density at radius 1 is 1.41 bits per heavy atom. The zero-order chi connectivity index (χ0) is 13.2. The molecule has 1 heterocycles. The fraction of sp³-hybridized carbons (Fsp3) is 0.636. The van der Waals surface area contributed by atoms with E-state index in [1.165, 1.54) is 4.90 Å². The van der Waals surface area contributed by atoms with E-state index < -0.39 is 17.7 Å². The summed E-state index contributed by atoms with van der Waals surface area (Å²) in [5, 5.41) is 8.85. The Balaban J connectivity index is 2.68. The van der Waals surface area contributed by atoms with E-state index >= 15 is 0 Å². The Kier molecular flexibility index (Phi) is 3.65. The molecule has 0 bridgehead atoms. The van der Waals surface area contributed by atoms with Gasteiger partial charge in [0, 0.05) is 12.2 Å². The molecule has 0 aliphatic carbocycles. The molecule has 1 aliphatic rings. The van der Waals surface area contributed by atoms with Crippen LogP contribution in [0.25, 0.3) is 0 Å². The smallest absolute Gasteiger partial charge is 0.410 e. The first-order valence-electron chi connectivity index (χ1n) is 5.39. The summed E-state index contributed by atoms with van der Waals surface area (Å²) in [5.41, 5.74) is 5.46. The maximum Gasteiger partial charge on any atom is 0.410 e. The summed E-state index contributed by atoms with van der Waals surface area (Å²) in [6.45, 7) is 5.75. The van der Waals surface area contributed by atoms with Crippen LogP contribution >= 0.6 is 0 Å². The van der Waals surface area contributed by atoms with E-state index in [4.69, 9.17) is 15.6 Å². The molecule has 3 N–H and O–H groups in total. The van der Waals surface area contributed by atoms with Gasteiger partial charge in [-0.1, -0.05) is 0 Å². The number of aliphatic carboxylic acids is 1. The normalized spacial score (nSPS) is 17.0. The molecule has 0 atom stereocenters. The summed E-state index contributed by atoms with van der Waals surface area (Å²) < 4.78 is 5.18. The Labute approximate surface area is 100 Å². The number of hydrogen-bond donors (Lipinski definition) is 2.